The Balaban J connectivity index is 1.87. The van der Waals surface area contributed by atoms with Crippen LogP contribution >= 0.6 is 11.8 Å². The molecule has 1 fully saturated rings. The van der Waals surface area contributed by atoms with Crippen LogP contribution in [-0.2, 0) is 0 Å². The minimum atomic E-state index is 0.125. The lowest BCUT2D eigenvalue weighted by molar-refractivity contribution is 0.0793. The number of amides is 1. The molecule has 3 nitrogen and oxygen atoms in total. The van der Waals surface area contributed by atoms with Gasteiger partial charge in [-0.15, -0.1) is 11.8 Å². The third-order valence-corrected chi connectivity index (χ3v) is 4.72. The molecule has 3 rings (SSSR count). The Kier molecular flexibility index (Phi) is 4.78. The monoisotopic (exact) mass is 312 g/mol. The van der Waals surface area contributed by atoms with Crippen molar-refractivity contribution in [2.75, 3.05) is 18.8 Å². The second kappa shape index (κ2) is 6.97. The summed E-state index contributed by atoms with van der Waals surface area (Å²) >= 11 is 1.81. The van der Waals surface area contributed by atoms with Crippen LogP contribution in [0.25, 0.3) is 11.3 Å². The fourth-order valence-corrected chi connectivity index (χ4v) is 3.45. The van der Waals surface area contributed by atoms with Crippen LogP contribution in [0.3, 0.4) is 0 Å². The lowest BCUT2D eigenvalue weighted by Gasteiger charge is -2.15. The van der Waals surface area contributed by atoms with Gasteiger partial charge >= 0.3 is 0 Å². The number of carbonyl (C=O) groups is 1. The number of hydrogen-bond acceptors (Lipinski definition) is 3. The number of hydrogen-bond donors (Lipinski definition) is 0. The Morgan fingerprint density at radius 3 is 2.82 bits per heavy atom. The van der Waals surface area contributed by atoms with Crippen LogP contribution in [-0.4, -0.2) is 34.6 Å². The molecule has 22 heavy (non-hydrogen) atoms. The maximum absolute atomic E-state index is 12.5. The van der Waals surface area contributed by atoms with Crippen LogP contribution in [0.1, 0.15) is 30.1 Å². The number of carbonyl (C=O) groups excluding carboxylic acids is 1. The van der Waals surface area contributed by atoms with E-state index in [9.17, 15) is 4.79 Å². The highest BCUT2D eigenvalue weighted by Gasteiger charge is 2.19. The maximum Gasteiger partial charge on any atom is 0.253 e. The maximum atomic E-state index is 12.5. The van der Waals surface area contributed by atoms with E-state index in [0.717, 1.165) is 48.5 Å². The van der Waals surface area contributed by atoms with Gasteiger partial charge in [0.25, 0.3) is 5.91 Å². The van der Waals surface area contributed by atoms with Gasteiger partial charge in [-0.2, -0.15) is 0 Å². The van der Waals surface area contributed by atoms with E-state index in [4.69, 9.17) is 0 Å². The van der Waals surface area contributed by atoms with Crippen LogP contribution in [0, 0.1) is 0 Å². The highest BCUT2D eigenvalue weighted by Crippen LogP contribution is 2.25. The molecule has 2 heterocycles. The minimum absolute atomic E-state index is 0.125. The summed E-state index contributed by atoms with van der Waals surface area (Å²) < 4.78 is 0. The summed E-state index contributed by atoms with van der Waals surface area (Å²) in [6.45, 7) is 3.89. The van der Waals surface area contributed by atoms with Crippen LogP contribution in [0.15, 0.2) is 47.5 Å². The average Bonchev–Trinajstić information content (AvgIpc) is 3.09. The van der Waals surface area contributed by atoms with E-state index in [0.29, 0.717) is 0 Å². The molecule has 2 aromatic rings. The van der Waals surface area contributed by atoms with Gasteiger partial charge < -0.3 is 4.90 Å². The second-order valence-corrected chi connectivity index (χ2v) is 6.73. The zero-order valence-electron chi connectivity index (χ0n) is 12.8. The summed E-state index contributed by atoms with van der Waals surface area (Å²) in [5.41, 5.74) is 2.67. The van der Waals surface area contributed by atoms with Gasteiger partial charge in [-0.25, -0.2) is 0 Å². The molecule has 1 amide bonds. The number of benzene rings is 1. The van der Waals surface area contributed by atoms with E-state index in [1.165, 1.54) is 4.90 Å². The van der Waals surface area contributed by atoms with Crippen molar-refractivity contribution in [2.24, 2.45) is 0 Å². The van der Waals surface area contributed by atoms with Gasteiger partial charge in [0, 0.05) is 35.3 Å². The van der Waals surface area contributed by atoms with Gasteiger partial charge in [0.05, 0.1) is 5.69 Å². The molecular weight excluding hydrogens is 292 g/mol. The van der Waals surface area contributed by atoms with Crippen molar-refractivity contribution in [1.82, 2.24) is 9.88 Å². The average molecular weight is 312 g/mol. The SMILES string of the molecule is CCSc1cccc(-c2cc(C(=O)N3CCCC3)ccn2)c1. The fourth-order valence-electron chi connectivity index (χ4n) is 2.74. The smallest absolute Gasteiger partial charge is 0.253 e. The highest BCUT2D eigenvalue weighted by atomic mass is 32.2. The predicted molar refractivity (Wildman–Crippen MR) is 91.2 cm³/mol. The third-order valence-electron chi connectivity index (χ3n) is 3.84. The normalized spacial score (nSPS) is 14.3. The van der Waals surface area contributed by atoms with Crippen molar-refractivity contribution in [3.05, 3.63) is 48.2 Å². The van der Waals surface area contributed by atoms with E-state index in [-0.39, 0.29) is 5.91 Å². The topological polar surface area (TPSA) is 33.2 Å². The first-order valence-corrected chi connectivity index (χ1v) is 8.75. The van der Waals surface area contributed by atoms with E-state index < -0.39 is 0 Å². The predicted octanol–water partition coefficient (Wildman–Crippen LogP) is 4.10. The van der Waals surface area contributed by atoms with Crippen molar-refractivity contribution in [3.8, 4) is 11.3 Å². The first kappa shape index (κ1) is 15.1. The lowest BCUT2D eigenvalue weighted by atomic mass is 10.1. The molecule has 114 valence electrons. The summed E-state index contributed by atoms with van der Waals surface area (Å²) in [4.78, 5) is 20.1. The van der Waals surface area contributed by atoms with Gasteiger partial charge in [0.15, 0.2) is 0 Å². The molecule has 4 heteroatoms. The van der Waals surface area contributed by atoms with Crippen LogP contribution < -0.4 is 0 Å². The molecule has 1 aromatic carbocycles. The standard InChI is InChI=1S/C18H20N2OS/c1-2-22-16-7-5-6-14(12-16)17-13-15(8-9-19-17)18(21)20-10-3-4-11-20/h5-9,12-13H,2-4,10-11H2,1H3. The first-order valence-electron chi connectivity index (χ1n) is 7.76. The number of rotatable bonds is 4. The van der Waals surface area contributed by atoms with E-state index in [2.05, 4.69) is 24.0 Å². The first-order chi connectivity index (χ1) is 10.8. The van der Waals surface area contributed by atoms with Gasteiger partial charge in [0.1, 0.15) is 0 Å². The molecule has 1 aromatic heterocycles. The van der Waals surface area contributed by atoms with Gasteiger partial charge in [-0.05, 0) is 42.9 Å². The molecule has 0 spiro atoms. The van der Waals surface area contributed by atoms with Crippen molar-refractivity contribution in [2.45, 2.75) is 24.7 Å². The zero-order valence-corrected chi connectivity index (χ0v) is 13.6. The summed E-state index contributed by atoms with van der Waals surface area (Å²) in [6.07, 6.45) is 3.96. The largest absolute Gasteiger partial charge is 0.339 e. The van der Waals surface area contributed by atoms with Crippen molar-refractivity contribution >= 4 is 17.7 Å². The third kappa shape index (κ3) is 3.33. The summed E-state index contributed by atoms with van der Waals surface area (Å²) in [5, 5.41) is 0. The molecule has 0 atom stereocenters. The Labute approximate surface area is 135 Å². The Morgan fingerprint density at radius 2 is 2.05 bits per heavy atom. The molecule has 0 bridgehead atoms. The lowest BCUT2D eigenvalue weighted by Crippen LogP contribution is -2.27. The number of thioether (sulfide) groups is 1. The van der Waals surface area contributed by atoms with Crippen molar-refractivity contribution in [1.29, 1.82) is 0 Å². The van der Waals surface area contributed by atoms with Gasteiger partial charge in [0.2, 0.25) is 0 Å². The van der Waals surface area contributed by atoms with E-state index >= 15 is 0 Å². The van der Waals surface area contributed by atoms with Gasteiger partial charge in [-0.1, -0.05) is 19.1 Å². The highest BCUT2D eigenvalue weighted by molar-refractivity contribution is 7.99. The van der Waals surface area contributed by atoms with Crippen LogP contribution in [0.5, 0.6) is 0 Å². The molecular formula is C18H20N2OS. The number of likely N-dealkylation sites (tertiary alicyclic amines) is 1. The molecule has 1 aliphatic rings. The Morgan fingerprint density at radius 1 is 1.23 bits per heavy atom. The molecule has 1 aliphatic heterocycles. The molecule has 1 saturated heterocycles. The van der Waals surface area contributed by atoms with E-state index in [1.54, 1.807) is 6.20 Å². The fraction of sp³-hybridized carbons (Fsp3) is 0.333. The molecule has 0 unspecified atom stereocenters. The van der Waals surface area contributed by atoms with Crippen molar-refractivity contribution < 1.29 is 4.79 Å². The minimum Gasteiger partial charge on any atom is -0.339 e. The molecule has 0 saturated carbocycles. The number of nitrogens with zero attached hydrogens (tertiary/aromatic N) is 2. The number of aromatic nitrogens is 1. The molecule has 0 aliphatic carbocycles. The summed E-state index contributed by atoms with van der Waals surface area (Å²) in [6, 6.07) is 12.1. The number of pyridine rings is 1. The zero-order chi connectivity index (χ0) is 15.4. The second-order valence-electron chi connectivity index (χ2n) is 5.39. The van der Waals surface area contributed by atoms with Gasteiger partial charge in [-0.3, -0.25) is 9.78 Å². The van der Waals surface area contributed by atoms with Crippen LogP contribution in [0.2, 0.25) is 0 Å². The quantitative estimate of drug-likeness (QED) is 0.797. The molecule has 0 N–H and O–H groups in total. The van der Waals surface area contributed by atoms with Crippen LogP contribution in [0.4, 0.5) is 0 Å². The Bertz CT molecular complexity index is 666. The Hall–Kier alpha value is -1.81. The summed E-state index contributed by atoms with van der Waals surface area (Å²) in [5.74, 6) is 1.17. The summed E-state index contributed by atoms with van der Waals surface area (Å²) in [7, 11) is 0. The molecule has 0 radical (unpaired) electrons. The van der Waals surface area contributed by atoms with E-state index in [1.807, 2.05) is 40.9 Å². The van der Waals surface area contributed by atoms with Crippen molar-refractivity contribution in [3.63, 3.8) is 0 Å².